The minimum atomic E-state index is -0.488. The number of amides is 1. The summed E-state index contributed by atoms with van der Waals surface area (Å²) < 4.78 is 5.39. The molecule has 4 N–H and O–H groups in total. The van der Waals surface area contributed by atoms with Crippen molar-refractivity contribution >= 4 is 39.5 Å². The van der Waals surface area contributed by atoms with Crippen LogP contribution in [0, 0.1) is 0 Å². The summed E-state index contributed by atoms with van der Waals surface area (Å²) in [5.74, 6) is 0.769. The van der Waals surface area contributed by atoms with E-state index >= 15 is 0 Å². The number of aromatic amines is 2. The van der Waals surface area contributed by atoms with Crippen molar-refractivity contribution in [2.75, 3.05) is 18.4 Å². The van der Waals surface area contributed by atoms with Gasteiger partial charge in [-0.3, -0.25) is 10.00 Å². The Kier molecular flexibility index (Phi) is 5.82. The molecule has 1 aliphatic rings. The van der Waals surface area contributed by atoms with Gasteiger partial charge in [-0.1, -0.05) is 0 Å². The van der Waals surface area contributed by atoms with E-state index in [1.165, 1.54) is 0 Å². The lowest BCUT2D eigenvalue weighted by Crippen LogP contribution is -2.45. The quantitative estimate of drug-likeness (QED) is 0.352. The number of fused-ring (bicyclic) bond motifs is 2. The van der Waals surface area contributed by atoms with Gasteiger partial charge < -0.3 is 20.4 Å². The predicted octanol–water partition coefficient (Wildman–Crippen LogP) is 4.07. The molecule has 1 aromatic carbocycles. The first-order valence-electron chi connectivity index (χ1n) is 11.6. The van der Waals surface area contributed by atoms with Gasteiger partial charge in [-0.05, 0) is 57.4 Å². The van der Waals surface area contributed by atoms with Crippen LogP contribution in [0.15, 0.2) is 36.9 Å². The van der Waals surface area contributed by atoms with Gasteiger partial charge in [0.15, 0.2) is 0 Å². The van der Waals surface area contributed by atoms with E-state index in [-0.39, 0.29) is 12.1 Å². The number of rotatable bonds is 5. The Morgan fingerprint density at radius 3 is 2.85 bits per heavy atom. The Hall–Kier alpha value is -3.66. The Bertz CT molecular complexity index is 1300. The van der Waals surface area contributed by atoms with Crippen LogP contribution in [0.4, 0.5) is 16.3 Å². The molecule has 1 fully saturated rings. The molecule has 1 saturated heterocycles. The van der Waals surface area contributed by atoms with Crippen LogP contribution in [0.25, 0.3) is 21.9 Å². The van der Waals surface area contributed by atoms with Gasteiger partial charge in [0.25, 0.3) is 0 Å². The highest BCUT2D eigenvalue weighted by Crippen LogP contribution is 2.29. The molecule has 0 bridgehead atoms. The lowest BCUT2D eigenvalue weighted by molar-refractivity contribution is 0.0477. The smallest absolute Gasteiger partial charge is 0.407 e. The number of anilines is 2. The number of ether oxygens (including phenoxy) is 1. The van der Waals surface area contributed by atoms with Crippen LogP contribution < -0.4 is 10.6 Å². The summed E-state index contributed by atoms with van der Waals surface area (Å²) >= 11 is 0. The standard InChI is InChI=1S/C24H30N8O2/c1-24(2,3)34-23(33)30-17-6-8-32(9-7-17)13-16-11-25-21-20(16)22(27-14-26-21)29-18-4-5-19-15(10-18)12-28-31-19/h4-5,10-12,14,17H,6-9,13H2,1-3H3,(H,28,31)(H,30,33)(H2,25,26,27,29). The molecule has 4 heterocycles. The first kappa shape index (κ1) is 22.1. The van der Waals surface area contributed by atoms with E-state index in [1.54, 1.807) is 12.5 Å². The van der Waals surface area contributed by atoms with E-state index in [0.717, 1.165) is 71.5 Å². The number of piperidine rings is 1. The second-order valence-electron chi connectivity index (χ2n) is 9.75. The van der Waals surface area contributed by atoms with Gasteiger partial charge in [0.05, 0.1) is 17.1 Å². The number of hydrogen-bond acceptors (Lipinski definition) is 7. The maximum Gasteiger partial charge on any atom is 0.407 e. The number of hydrogen-bond donors (Lipinski definition) is 4. The minimum absolute atomic E-state index is 0.132. The lowest BCUT2D eigenvalue weighted by Gasteiger charge is -2.32. The highest BCUT2D eigenvalue weighted by molar-refractivity contribution is 5.93. The topological polar surface area (TPSA) is 124 Å². The van der Waals surface area contributed by atoms with E-state index in [0.29, 0.717) is 0 Å². The molecule has 0 radical (unpaired) electrons. The maximum atomic E-state index is 12.1. The fourth-order valence-electron chi connectivity index (χ4n) is 4.35. The van der Waals surface area contributed by atoms with Gasteiger partial charge in [-0.15, -0.1) is 0 Å². The highest BCUT2D eigenvalue weighted by Gasteiger charge is 2.24. The van der Waals surface area contributed by atoms with Gasteiger partial charge in [0.1, 0.15) is 23.4 Å². The second kappa shape index (κ2) is 8.94. The Balaban J connectivity index is 1.26. The maximum absolute atomic E-state index is 12.1. The van der Waals surface area contributed by atoms with Crippen molar-refractivity contribution in [1.82, 2.24) is 35.4 Å². The Morgan fingerprint density at radius 2 is 2.06 bits per heavy atom. The number of alkyl carbamates (subject to hydrolysis) is 1. The van der Waals surface area contributed by atoms with Gasteiger partial charge in [-0.25, -0.2) is 14.8 Å². The zero-order valence-corrected chi connectivity index (χ0v) is 19.7. The molecule has 3 aromatic heterocycles. The van der Waals surface area contributed by atoms with Crippen LogP contribution in [0.5, 0.6) is 0 Å². The Labute approximate surface area is 197 Å². The molecular formula is C24H30N8O2. The molecular weight excluding hydrogens is 432 g/mol. The summed E-state index contributed by atoms with van der Waals surface area (Å²) in [6, 6.07) is 6.17. The number of aromatic nitrogens is 5. The molecule has 1 amide bonds. The second-order valence-corrected chi connectivity index (χ2v) is 9.75. The third-order valence-corrected chi connectivity index (χ3v) is 5.96. The van der Waals surface area contributed by atoms with Crippen LogP contribution in [0.2, 0.25) is 0 Å². The van der Waals surface area contributed by atoms with E-state index in [2.05, 4.69) is 40.7 Å². The number of benzene rings is 1. The van der Waals surface area contributed by atoms with Crippen molar-refractivity contribution in [1.29, 1.82) is 0 Å². The van der Waals surface area contributed by atoms with Crippen molar-refractivity contribution in [3.63, 3.8) is 0 Å². The first-order valence-corrected chi connectivity index (χ1v) is 11.6. The number of nitrogens with zero attached hydrogens (tertiary/aromatic N) is 4. The number of H-pyrrole nitrogens is 2. The van der Waals surface area contributed by atoms with Crippen LogP contribution in [-0.2, 0) is 11.3 Å². The molecule has 1 aliphatic heterocycles. The molecule has 4 aromatic rings. The summed E-state index contributed by atoms with van der Waals surface area (Å²) in [6.45, 7) is 8.18. The molecule has 10 heteroatoms. The van der Waals surface area contributed by atoms with Crippen molar-refractivity contribution in [2.24, 2.45) is 0 Å². The molecule has 0 atom stereocenters. The average molecular weight is 463 g/mol. The normalized spacial score (nSPS) is 15.6. The first-order chi connectivity index (χ1) is 16.3. The summed E-state index contributed by atoms with van der Waals surface area (Å²) in [5, 5.41) is 15.5. The monoisotopic (exact) mass is 462 g/mol. The van der Waals surface area contributed by atoms with Gasteiger partial charge >= 0.3 is 6.09 Å². The predicted molar refractivity (Wildman–Crippen MR) is 131 cm³/mol. The number of carbonyl (C=O) groups is 1. The Morgan fingerprint density at radius 1 is 1.24 bits per heavy atom. The van der Waals surface area contributed by atoms with Crippen molar-refractivity contribution in [3.05, 3.63) is 42.5 Å². The number of carbonyl (C=O) groups excluding carboxylic acids is 1. The van der Waals surface area contributed by atoms with Crippen LogP contribution in [0.1, 0.15) is 39.2 Å². The van der Waals surface area contributed by atoms with Gasteiger partial charge in [0, 0.05) is 42.9 Å². The largest absolute Gasteiger partial charge is 0.444 e. The minimum Gasteiger partial charge on any atom is -0.444 e. The third-order valence-electron chi connectivity index (χ3n) is 5.96. The van der Waals surface area contributed by atoms with Crippen LogP contribution in [-0.4, -0.2) is 60.9 Å². The molecule has 0 saturated carbocycles. The fraction of sp³-hybridized carbons (Fsp3) is 0.417. The fourth-order valence-corrected chi connectivity index (χ4v) is 4.35. The van der Waals surface area contributed by atoms with Crippen molar-refractivity contribution in [2.45, 2.75) is 51.8 Å². The van der Waals surface area contributed by atoms with Crippen LogP contribution >= 0.6 is 0 Å². The summed E-state index contributed by atoms with van der Waals surface area (Å²) in [4.78, 5) is 26.7. The number of nitrogens with one attached hydrogen (secondary N) is 4. The van der Waals surface area contributed by atoms with E-state index in [9.17, 15) is 4.79 Å². The molecule has 5 rings (SSSR count). The summed E-state index contributed by atoms with van der Waals surface area (Å²) in [7, 11) is 0. The molecule has 178 valence electrons. The zero-order valence-electron chi connectivity index (χ0n) is 19.7. The molecule has 0 unspecified atom stereocenters. The molecule has 0 spiro atoms. The summed E-state index contributed by atoms with van der Waals surface area (Å²) in [6.07, 6.45) is 6.80. The molecule has 10 nitrogen and oxygen atoms in total. The van der Waals surface area contributed by atoms with Gasteiger partial charge in [-0.2, -0.15) is 5.10 Å². The van der Waals surface area contributed by atoms with E-state index in [1.807, 2.05) is 45.2 Å². The van der Waals surface area contributed by atoms with Crippen LogP contribution in [0.3, 0.4) is 0 Å². The molecule has 34 heavy (non-hydrogen) atoms. The highest BCUT2D eigenvalue weighted by atomic mass is 16.6. The van der Waals surface area contributed by atoms with E-state index in [4.69, 9.17) is 4.74 Å². The van der Waals surface area contributed by atoms with Gasteiger partial charge in [0.2, 0.25) is 0 Å². The SMILES string of the molecule is CC(C)(C)OC(=O)NC1CCN(Cc2c[nH]c3ncnc(Nc4ccc5[nH]ncc5c4)c23)CC1. The summed E-state index contributed by atoms with van der Waals surface area (Å²) in [5.41, 5.74) is 3.39. The zero-order chi connectivity index (χ0) is 23.7. The average Bonchev–Trinajstić information content (AvgIpc) is 3.41. The lowest BCUT2D eigenvalue weighted by atomic mass is 10.0. The van der Waals surface area contributed by atoms with E-state index < -0.39 is 5.60 Å². The molecule has 0 aliphatic carbocycles. The number of likely N-dealkylation sites (tertiary alicyclic amines) is 1. The third kappa shape index (κ3) is 4.96. The van der Waals surface area contributed by atoms with Crippen molar-refractivity contribution in [3.8, 4) is 0 Å². The van der Waals surface area contributed by atoms with Crippen molar-refractivity contribution < 1.29 is 9.53 Å².